The van der Waals surface area contributed by atoms with Crippen molar-refractivity contribution in [2.24, 2.45) is 0 Å². The first-order valence-corrected chi connectivity index (χ1v) is 8.62. The predicted molar refractivity (Wildman–Crippen MR) is 106 cm³/mol. The molecule has 0 aliphatic rings. The van der Waals surface area contributed by atoms with Gasteiger partial charge in [-0.1, -0.05) is 23.2 Å². The molecule has 0 radical (unpaired) electrons. The maximum absolute atomic E-state index is 12.3. The van der Waals surface area contributed by atoms with Gasteiger partial charge in [-0.15, -0.1) is 0 Å². The number of aromatic nitrogens is 2. The molecule has 3 rings (SSSR count). The van der Waals surface area contributed by atoms with E-state index < -0.39 is 0 Å². The van der Waals surface area contributed by atoms with Crippen LogP contribution in [0.1, 0.15) is 21.7 Å². The number of hydrogen-bond acceptors (Lipinski definition) is 4. The van der Waals surface area contributed by atoms with Crippen molar-refractivity contribution >= 4 is 46.4 Å². The van der Waals surface area contributed by atoms with Gasteiger partial charge in [0.15, 0.2) is 0 Å². The molecular weight excluding hydrogens is 371 g/mol. The Balaban J connectivity index is 1.69. The molecule has 132 valence electrons. The zero-order valence-electron chi connectivity index (χ0n) is 14.2. The van der Waals surface area contributed by atoms with Crippen LogP contribution in [0.2, 0.25) is 10.0 Å². The molecule has 3 aromatic rings. The van der Waals surface area contributed by atoms with E-state index in [4.69, 9.17) is 23.2 Å². The fourth-order valence-corrected chi connectivity index (χ4v) is 2.69. The molecule has 2 N–H and O–H groups in total. The van der Waals surface area contributed by atoms with E-state index in [9.17, 15) is 4.79 Å². The van der Waals surface area contributed by atoms with Crippen LogP contribution in [-0.4, -0.2) is 15.9 Å². The summed E-state index contributed by atoms with van der Waals surface area (Å²) >= 11 is 11.8. The lowest BCUT2D eigenvalue weighted by Gasteiger charge is -2.09. The summed E-state index contributed by atoms with van der Waals surface area (Å²) in [4.78, 5) is 21.0. The number of anilines is 3. The monoisotopic (exact) mass is 386 g/mol. The number of amides is 1. The molecule has 0 saturated heterocycles. The molecule has 2 aromatic carbocycles. The Morgan fingerprint density at radius 2 is 1.46 bits per heavy atom. The molecule has 0 bridgehead atoms. The fourth-order valence-electron chi connectivity index (χ4n) is 2.39. The van der Waals surface area contributed by atoms with Crippen molar-refractivity contribution in [1.82, 2.24) is 9.97 Å². The molecule has 0 unspecified atom stereocenters. The molecule has 1 heterocycles. The Morgan fingerprint density at radius 3 is 2.08 bits per heavy atom. The van der Waals surface area contributed by atoms with Crippen molar-refractivity contribution in [1.29, 1.82) is 0 Å². The highest BCUT2D eigenvalue weighted by molar-refractivity contribution is 6.42. The van der Waals surface area contributed by atoms with E-state index >= 15 is 0 Å². The average Bonchev–Trinajstić information content (AvgIpc) is 2.58. The molecule has 0 aliphatic carbocycles. The number of rotatable bonds is 4. The highest BCUT2D eigenvalue weighted by Gasteiger charge is 2.09. The molecule has 26 heavy (non-hydrogen) atoms. The van der Waals surface area contributed by atoms with E-state index in [1.165, 1.54) is 6.07 Å². The third-order valence-electron chi connectivity index (χ3n) is 3.56. The highest BCUT2D eigenvalue weighted by atomic mass is 35.5. The standard InChI is InChI=1S/C19H16Cl2N4O/c1-11-9-12(2)23-19(22-11)25-15-6-4-14(5-7-15)24-18(26)13-3-8-16(20)17(21)10-13/h3-10H,1-2H3,(H,24,26)(H,22,23,25). The second kappa shape index (κ2) is 7.72. The largest absolute Gasteiger partial charge is 0.324 e. The van der Waals surface area contributed by atoms with Crippen LogP contribution in [0.15, 0.2) is 48.5 Å². The van der Waals surface area contributed by atoms with E-state index in [-0.39, 0.29) is 5.91 Å². The van der Waals surface area contributed by atoms with Gasteiger partial charge in [-0.25, -0.2) is 9.97 Å². The molecule has 1 aromatic heterocycles. The van der Waals surface area contributed by atoms with Crippen LogP contribution in [0.5, 0.6) is 0 Å². The third-order valence-corrected chi connectivity index (χ3v) is 4.30. The number of nitrogens with one attached hydrogen (secondary N) is 2. The van der Waals surface area contributed by atoms with Crippen LogP contribution in [0.4, 0.5) is 17.3 Å². The third kappa shape index (κ3) is 4.50. The smallest absolute Gasteiger partial charge is 0.255 e. The Morgan fingerprint density at radius 1 is 0.846 bits per heavy atom. The number of nitrogens with zero attached hydrogens (tertiary/aromatic N) is 2. The summed E-state index contributed by atoms with van der Waals surface area (Å²) < 4.78 is 0. The first kappa shape index (κ1) is 18.2. The van der Waals surface area contributed by atoms with Crippen LogP contribution in [0.25, 0.3) is 0 Å². The summed E-state index contributed by atoms with van der Waals surface area (Å²) in [5.74, 6) is 0.275. The van der Waals surface area contributed by atoms with E-state index in [0.29, 0.717) is 27.2 Å². The summed E-state index contributed by atoms with van der Waals surface area (Å²) in [5, 5.41) is 6.71. The Bertz CT molecular complexity index is 938. The number of halogens is 2. The van der Waals surface area contributed by atoms with Crippen LogP contribution in [-0.2, 0) is 0 Å². The van der Waals surface area contributed by atoms with Crippen molar-refractivity contribution in [3.05, 3.63) is 75.5 Å². The summed E-state index contributed by atoms with van der Waals surface area (Å²) in [6, 6.07) is 13.9. The minimum Gasteiger partial charge on any atom is -0.324 e. The van der Waals surface area contributed by atoms with Gasteiger partial charge in [0.1, 0.15) is 0 Å². The zero-order chi connectivity index (χ0) is 18.7. The molecule has 5 nitrogen and oxygen atoms in total. The lowest BCUT2D eigenvalue weighted by Crippen LogP contribution is -2.11. The molecular formula is C19H16Cl2N4O. The summed E-state index contributed by atoms with van der Waals surface area (Å²) in [5.41, 5.74) is 3.71. The molecule has 0 aliphatic heterocycles. The van der Waals surface area contributed by atoms with Gasteiger partial charge in [-0.3, -0.25) is 4.79 Å². The predicted octanol–water partition coefficient (Wildman–Crippen LogP) is 5.40. The van der Waals surface area contributed by atoms with Crippen molar-refractivity contribution < 1.29 is 4.79 Å². The van der Waals surface area contributed by atoms with E-state index in [0.717, 1.165) is 17.1 Å². The Hall–Kier alpha value is -2.63. The van der Waals surface area contributed by atoms with E-state index in [1.807, 2.05) is 32.0 Å². The summed E-state index contributed by atoms with van der Waals surface area (Å²) in [6.45, 7) is 3.84. The van der Waals surface area contributed by atoms with Gasteiger partial charge in [0.25, 0.3) is 5.91 Å². The van der Waals surface area contributed by atoms with Gasteiger partial charge in [-0.05, 0) is 62.4 Å². The molecule has 0 fully saturated rings. The van der Waals surface area contributed by atoms with Crippen molar-refractivity contribution in [2.75, 3.05) is 10.6 Å². The number of aryl methyl sites for hydroxylation is 2. The van der Waals surface area contributed by atoms with E-state index in [2.05, 4.69) is 20.6 Å². The van der Waals surface area contributed by atoms with Gasteiger partial charge < -0.3 is 10.6 Å². The van der Waals surface area contributed by atoms with E-state index in [1.54, 1.807) is 24.3 Å². The maximum atomic E-state index is 12.3. The van der Waals surface area contributed by atoms with Gasteiger partial charge in [-0.2, -0.15) is 0 Å². The second-order valence-electron chi connectivity index (χ2n) is 5.76. The molecule has 0 atom stereocenters. The average molecular weight is 387 g/mol. The highest BCUT2D eigenvalue weighted by Crippen LogP contribution is 2.23. The van der Waals surface area contributed by atoms with Gasteiger partial charge in [0.05, 0.1) is 10.0 Å². The molecule has 0 saturated carbocycles. The van der Waals surface area contributed by atoms with Crippen molar-refractivity contribution in [3.63, 3.8) is 0 Å². The number of hydrogen-bond donors (Lipinski definition) is 2. The minimum absolute atomic E-state index is 0.262. The number of benzene rings is 2. The van der Waals surface area contributed by atoms with Crippen LogP contribution in [0.3, 0.4) is 0 Å². The molecule has 0 spiro atoms. The number of carbonyl (C=O) groups excluding carboxylic acids is 1. The minimum atomic E-state index is -0.262. The van der Waals surface area contributed by atoms with Crippen LogP contribution in [0, 0.1) is 13.8 Å². The lowest BCUT2D eigenvalue weighted by molar-refractivity contribution is 0.102. The Kier molecular flexibility index (Phi) is 5.40. The van der Waals surface area contributed by atoms with Crippen molar-refractivity contribution in [3.8, 4) is 0 Å². The summed E-state index contributed by atoms with van der Waals surface area (Å²) in [7, 11) is 0. The first-order valence-electron chi connectivity index (χ1n) is 7.86. The van der Waals surface area contributed by atoms with Crippen LogP contribution >= 0.6 is 23.2 Å². The molecule has 1 amide bonds. The second-order valence-corrected chi connectivity index (χ2v) is 6.57. The first-order chi connectivity index (χ1) is 12.4. The number of carbonyl (C=O) groups is 1. The topological polar surface area (TPSA) is 66.9 Å². The Labute approximate surface area is 161 Å². The van der Waals surface area contributed by atoms with Gasteiger partial charge in [0.2, 0.25) is 5.95 Å². The fraction of sp³-hybridized carbons (Fsp3) is 0.105. The zero-order valence-corrected chi connectivity index (χ0v) is 15.7. The van der Waals surface area contributed by atoms with Crippen LogP contribution < -0.4 is 10.6 Å². The summed E-state index contributed by atoms with van der Waals surface area (Å²) in [6.07, 6.45) is 0. The van der Waals surface area contributed by atoms with Crippen molar-refractivity contribution in [2.45, 2.75) is 13.8 Å². The normalized spacial score (nSPS) is 10.5. The maximum Gasteiger partial charge on any atom is 0.255 e. The SMILES string of the molecule is Cc1cc(C)nc(Nc2ccc(NC(=O)c3ccc(Cl)c(Cl)c3)cc2)n1. The van der Waals surface area contributed by atoms with Gasteiger partial charge in [0, 0.05) is 28.3 Å². The lowest BCUT2D eigenvalue weighted by atomic mass is 10.2. The molecule has 7 heteroatoms. The van der Waals surface area contributed by atoms with Gasteiger partial charge >= 0.3 is 0 Å². The quantitative estimate of drug-likeness (QED) is 0.629.